The Bertz CT molecular complexity index is 361. The Hall–Kier alpha value is 1.18. The van der Waals surface area contributed by atoms with E-state index in [1.54, 1.807) is 0 Å². The zero-order valence-corrected chi connectivity index (χ0v) is 19.7. The number of aliphatic carboxylic acids is 2. The number of carboxylic acids is 2. The minimum atomic E-state index is -5.39. The summed E-state index contributed by atoms with van der Waals surface area (Å²) in [6.07, 6.45) is 0.518. The summed E-state index contributed by atoms with van der Waals surface area (Å²) >= 11 is 0. The molecule has 24 heavy (non-hydrogen) atoms. The van der Waals surface area contributed by atoms with Crippen LogP contribution >= 0.6 is 15.6 Å². The van der Waals surface area contributed by atoms with Crippen LogP contribution in [0.1, 0.15) is 12.8 Å². The first kappa shape index (κ1) is 40.0. The zero-order valence-electron chi connectivity index (χ0n) is 11.1. The Morgan fingerprint density at radius 3 is 1.17 bits per heavy atom. The average Bonchev–Trinajstić information content (AvgIpc) is 2.11. The molecule has 13 nitrogen and oxygen atoms in total. The second-order valence-electron chi connectivity index (χ2n) is 3.05. The fourth-order valence-corrected chi connectivity index (χ4v) is 0.675. The number of hydrogen-bond acceptors (Lipinski definition) is 11. The Labute approximate surface area is 179 Å². The van der Waals surface area contributed by atoms with Crippen molar-refractivity contribution in [1.29, 1.82) is 0 Å². The maximum atomic E-state index is 10.2. The predicted molar refractivity (Wildman–Crippen MR) is 52.3 cm³/mol. The molecule has 0 saturated carbocycles. The van der Waals surface area contributed by atoms with Crippen molar-refractivity contribution >= 4 is 27.6 Å². The molecule has 0 aliphatic carbocycles. The summed E-state index contributed by atoms with van der Waals surface area (Å²) in [5.74, 6) is -3.91. The Kier molecular flexibility index (Phi) is 34.2. The van der Waals surface area contributed by atoms with E-state index in [-0.39, 0.29) is 69.6 Å². The SMILES string of the molecule is NCCCC(C(=O)O)C(=O)O.O=P([O-])([O-])[O-].O=P([O-])([O-])[O-].[Pt+2].[Pt+2].[Pt+2]. The van der Waals surface area contributed by atoms with Crippen LogP contribution in [0.2, 0.25) is 0 Å². The molecule has 0 atom stereocenters. The van der Waals surface area contributed by atoms with Gasteiger partial charge in [-0.1, -0.05) is 0 Å². The van der Waals surface area contributed by atoms with Gasteiger partial charge in [0.2, 0.25) is 0 Å². The van der Waals surface area contributed by atoms with E-state index in [2.05, 4.69) is 0 Å². The van der Waals surface area contributed by atoms with Crippen LogP contribution in [0.3, 0.4) is 0 Å². The summed E-state index contributed by atoms with van der Waals surface area (Å²) in [6, 6.07) is 0. The third-order valence-electron chi connectivity index (χ3n) is 1.29. The van der Waals surface area contributed by atoms with Gasteiger partial charge in [-0.05, 0) is 19.4 Å². The van der Waals surface area contributed by atoms with E-state index < -0.39 is 33.5 Å². The molecule has 4 N–H and O–H groups in total. The standard InChI is InChI=1S/C6H11NO4.2H3O4P.3Pt/c7-3-1-2-4(5(8)9)6(10)11;2*1-5(2,3)4;;;/h4H,1-3,7H2,(H,8,9)(H,10,11);2*(H3,1,2,3,4);;;/q;;;3*+2/p-6. The predicted octanol–water partition coefficient (Wildman–Crippen LogP) is -6.15. The molecule has 0 heterocycles. The van der Waals surface area contributed by atoms with E-state index in [0.717, 1.165) is 0 Å². The van der Waals surface area contributed by atoms with Crippen LogP contribution < -0.4 is 35.1 Å². The van der Waals surface area contributed by atoms with Gasteiger partial charge in [0.1, 0.15) is 0 Å². The van der Waals surface area contributed by atoms with Crippen LogP contribution in [0.25, 0.3) is 0 Å². The third kappa shape index (κ3) is 65.6. The van der Waals surface area contributed by atoms with E-state index in [9.17, 15) is 9.59 Å². The summed E-state index contributed by atoms with van der Waals surface area (Å²) in [5, 5.41) is 16.7. The molecule has 0 aromatic heterocycles. The molecular weight excluding hydrogens is 925 g/mol. The Morgan fingerprint density at radius 2 is 1.04 bits per heavy atom. The van der Waals surface area contributed by atoms with Crippen molar-refractivity contribution < 1.29 is 121 Å². The van der Waals surface area contributed by atoms with Crippen LogP contribution in [-0.2, 0) is 81.9 Å². The molecule has 152 valence electrons. The fourth-order valence-electron chi connectivity index (χ4n) is 0.675. The second-order valence-corrected chi connectivity index (χ2v) is 4.84. The molecule has 0 saturated heterocycles. The van der Waals surface area contributed by atoms with Gasteiger partial charge in [0, 0.05) is 0 Å². The first-order chi connectivity index (χ1) is 9.09. The Morgan fingerprint density at radius 1 is 0.833 bits per heavy atom. The van der Waals surface area contributed by atoms with Crippen molar-refractivity contribution in [3.05, 3.63) is 0 Å². The molecule has 0 unspecified atom stereocenters. The summed E-state index contributed by atoms with van der Waals surface area (Å²) in [4.78, 5) is 71.7. The van der Waals surface area contributed by atoms with Crippen molar-refractivity contribution in [2.75, 3.05) is 6.54 Å². The van der Waals surface area contributed by atoms with Gasteiger partial charge in [0.05, 0.1) is 0 Å². The fraction of sp³-hybridized carbons (Fsp3) is 0.667. The maximum absolute atomic E-state index is 10.2. The van der Waals surface area contributed by atoms with Crippen molar-refractivity contribution in [2.24, 2.45) is 11.7 Å². The zero-order chi connectivity index (χ0) is 17.9. The van der Waals surface area contributed by atoms with Crippen LogP contribution in [0.4, 0.5) is 0 Å². The first-order valence-electron chi connectivity index (χ1n) is 4.71. The Balaban J connectivity index is -0.0000000536. The minimum absolute atomic E-state index is 0. The molecular formula is C6H11NO12P2Pt3. The molecule has 0 rings (SSSR count). The quantitative estimate of drug-likeness (QED) is 0.171. The van der Waals surface area contributed by atoms with Gasteiger partial charge in [0.25, 0.3) is 0 Å². The van der Waals surface area contributed by atoms with E-state index in [1.165, 1.54) is 0 Å². The number of hydrogen-bond donors (Lipinski definition) is 3. The molecule has 18 heteroatoms. The van der Waals surface area contributed by atoms with Crippen molar-refractivity contribution in [2.45, 2.75) is 12.8 Å². The topological polar surface area (TPSA) is 273 Å². The van der Waals surface area contributed by atoms with Gasteiger partial charge in [-0.25, -0.2) is 0 Å². The van der Waals surface area contributed by atoms with Gasteiger partial charge in [0.15, 0.2) is 5.92 Å². The number of carboxylic acid groups (broad SMARTS) is 2. The smallest absolute Gasteiger partial charge is 0.822 e. The molecule has 0 aliphatic heterocycles. The third-order valence-corrected chi connectivity index (χ3v) is 1.29. The number of phosphoric acid groups is 2. The van der Waals surface area contributed by atoms with E-state index >= 15 is 0 Å². The number of carbonyl (C=O) groups is 2. The van der Waals surface area contributed by atoms with Gasteiger partial charge < -0.3 is 54.4 Å². The van der Waals surface area contributed by atoms with Crippen LogP contribution in [-0.4, -0.2) is 28.7 Å². The van der Waals surface area contributed by atoms with Crippen molar-refractivity contribution in [3.8, 4) is 0 Å². The van der Waals surface area contributed by atoms with E-state index in [4.69, 9.17) is 54.4 Å². The van der Waals surface area contributed by atoms with Crippen LogP contribution in [0.15, 0.2) is 0 Å². The monoisotopic (exact) mass is 936 g/mol. The molecule has 0 amide bonds. The molecule has 0 radical (unpaired) electrons. The molecule has 0 fully saturated rings. The van der Waals surface area contributed by atoms with Gasteiger partial charge in [-0.2, -0.15) is 15.6 Å². The average molecular weight is 936 g/mol. The number of rotatable bonds is 5. The molecule has 0 aromatic carbocycles. The summed E-state index contributed by atoms with van der Waals surface area (Å²) < 4.78 is 17.1. The molecule has 0 spiro atoms. The summed E-state index contributed by atoms with van der Waals surface area (Å²) in [5.41, 5.74) is 5.09. The van der Waals surface area contributed by atoms with Gasteiger partial charge in [-0.15, -0.1) is 0 Å². The molecule has 0 aliphatic rings. The molecule has 0 bridgehead atoms. The van der Waals surface area contributed by atoms with Crippen LogP contribution in [0.5, 0.6) is 0 Å². The minimum Gasteiger partial charge on any atom is -0.822 e. The number of nitrogens with two attached hydrogens (primary N) is 1. The summed E-state index contributed by atoms with van der Waals surface area (Å²) in [7, 11) is -10.8. The van der Waals surface area contributed by atoms with Gasteiger partial charge in [-0.3, -0.25) is 9.59 Å². The second kappa shape index (κ2) is 20.5. The maximum Gasteiger partial charge on any atom is 2.00 e. The normalized spacial score (nSPS) is 9.50. The van der Waals surface area contributed by atoms with Gasteiger partial charge >= 0.3 is 75.1 Å². The largest absolute Gasteiger partial charge is 2.00 e. The summed E-state index contributed by atoms with van der Waals surface area (Å²) in [6.45, 7) is 0.317. The van der Waals surface area contributed by atoms with E-state index in [0.29, 0.717) is 13.0 Å². The van der Waals surface area contributed by atoms with E-state index in [1.807, 2.05) is 0 Å². The molecule has 0 aromatic rings. The van der Waals surface area contributed by atoms with Crippen molar-refractivity contribution in [3.63, 3.8) is 0 Å². The van der Waals surface area contributed by atoms with Crippen LogP contribution in [0, 0.1) is 5.92 Å². The van der Waals surface area contributed by atoms with Crippen molar-refractivity contribution in [1.82, 2.24) is 0 Å². The first-order valence-corrected chi connectivity index (χ1v) is 7.63.